The highest BCUT2D eigenvalue weighted by Crippen LogP contribution is 2.13. The monoisotopic (exact) mass is 326 g/mol. The molecule has 0 bridgehead atoms. The molecule has 2 rings (SSSR count). The van der Waals surface area contributed by atoms with Crippen LogP contribution in [0.15, 0.2) is 24.3 Å². The van der Waals surface area contributed by atoms with Crippen LogP contribution in [0.4, 0.5) is 0 Å². The number of hydrogen-bond donors (Lipinski definition) is 2. The smallest absolute Gasteiger partial charge is 0.258 e. The van der Waals surface area contributed by atoms with Crippen molar-refractivity contribution < 1.29 is 22.7 Å². The zero-order chi connectivity index (χ0) is 16.2. The normalized spacial score (nSPS) is 19.4. The molecule has 0 spiro atoms. The lowest BCUT2D eigenvalue weighted by Crippen LogP contribution is -2.38. The second-order valence-electron chi connectivity index (χ2n) is 5.06. The minimum Gasteiger partial charge on any atom is -0.484 e. The van der Waals surface area contributed by atoms with Gasteiger partial charge in [0.1, 0.15) is 5.75 Å². The first kappa shape index (κ1) is 16.3. The van der Waals surface area contributed by atoms with Gasteiger partial charge in [-0.15, -0.1) is 0 Å². The molecule has 8 heteroatoms. The minimum absolute atomic E-state index is 0.0143. The van der Waals surface area contributed by atoms with Crippen LogP contribution in [0.25, 0.3) is 0 Å². The number of nitrogens with one attached hydrogen (secondary N) is 2. The summed E-state index contributed by atoms with van der Waals surface area (Å²) in [4.78, 5) is 23.1. The van der Waals surface area contributed by atoms with Crippen LogP contribution < -0.4 is 15.4 Å². The van der Waals surface area contributed by atoms with E-state index >= 15 is 0 Å². The van der Waals surface area contributed by atoms with E-state index in [-0.39, 0.29) is 36.0 Å². The van der Waals surface area contributed by atoms with Gasteiger partial charge in [-0.25, -0.2) is 8.42 Å². The third-order valence-electron chi connectivity index (χ3n) is 3.31. The van der Waals surface area contributed by atoms with Crippen molar-refractivity contribution in [3.05, 3.63) is 29.8 Å². The largest absolute Gasteiger partial charge is 0.484 e. The number of carbonyl (C=O) groups excluding carboxylic acids is 2. The molecule has 1 fully saturated rings. The summed E-state index contributed by atoms with van der Waals surface area (Å²) in [6.45, 7) is -0.199. The molecule has 0 unspecified atom stereocenters. The summed E-state index contributed by atoms with van der Waals surface area (Å²) in [7, 11) is -1.48. The Bertz CT molecular complexity index is 654. The fourth-order valence-electron chi connectivity index (χ4n) is 2.17. The molecule has 0 saturated carbocycles. The molecule has 1 aliphatic rings. The second-order valence-corrected chi connectivity index (χ2v) is 7.29. The number of ether oxygens (including phenoxy) is 1. The van der Waals surface area contributed by atoms with E-state index in [1.54, 1.807) is 31.3 Å². The van der Waals surface area contributed by atoms with Crippen molar-refractivity contribution >= 4 is 21.7 Å². The molecule has 2 N–H and O–H groups in total. The third kappa shape index (κ3) is 4.45. The van der Waals surface area contributed by atoms with Gasteiger partial charge in [0.15, 0.2) is 16.4 Å². The quantitative estimate of drug-likeness (QED) is 0.775. The van der Waals surface area contributed by atoms with Crippen LogP contribution in [0.1, 0.15) is 16.8 Å². The van der Waals surface area contributed by atoms with Crippen LogP contribution in [0.2, 0.25) is 0 Å². The fraction of sp³-hybridized carbons (Fsp3) is 0.429. The van der Waals surface area contributed by atoms with E-state index in [4.69, 9.17) is 4.74 Å². The van der Waals surface area contributed by atoms with Crippen molar-refractivity contribution in [1.29, 1.82) is 0 Å². The fourth-order valence-corrected chi connectivity index (χ4v) is 3.85. The minimum atomic E-state index is -3.02. The Hall–Kier alpha value is -2.09. The summed E-state index contributed by atoms with van der Waals surface area (Å²) in [5.41, 5.74) is 0.496. The molecule has 2 amide bonds. The molecular weight excluding hydrogens is 308 g/mol. The van der Waals surface area contributed by atoms with E-state index in [1.807, 2.05) is 0 Å². The first-order valence-corrected chi connectivity index (χ1v) is 8.66. The number of benzene rings is 1. The Kier molecular flexibility index (Phi) is 5.02. The molecule has 1 atom stereocenters. The van der Waals surface area contributed by atoms with Gasteiger partial charge >= 0.3 is 0 Å². The highest BCUT2D eigenvalue weighted by molar-refractivity contribution is 7.91. The summed E-state index contributed by atoms with van der Waals surface area (Å²) in [5, 5.41) is 5.14. The van der Waals surface area contributed by atoms with E-state index in [0.29, 0.717) is 17.7 Å². The van der Waals surface area contributed by atoms with Crippen LogP contribution in [0, 0.1) is 0 Å². The Labute approximate surface area is 129 Å². The molecule has 1 aromatic carbocycles. The lowest BCUT2D eigenvalue weighted by Gasteiger charge is -2.11. The summed E-state index contributed by atoms with van der Waals surface area (Å²) in [6.07, 6.45) is 0.439. The van der Waals surface area contributed by atoms with Gasteiger partial charge in [0.05, 0.1) is 11.5 Å². The van der Waals surface area contributed by atoms with Crippen LogP contribution in [0.3, 0.4) is 0 Å². The molecule has 0 aromatic heterocycles. The van der Waals surface area contributed by atoms with Crippen molar-refractivity contribution in [2.45, 2.75) is 12.5 Å². The zero-order valence-electron chi connectivity index (χ0n) is 12.2. The van der Waals surface area contributed by atoms with Crippen molar-refractivity contribution in [2.24, 2.45) is 0 Å². The maximum Gasteiger partial charge on any atom is 0.258 e. The maximum atomic E-state index is 11.7. The molecule has 22 heavy (non-hydrogen) atoms. The van der Waals surface area contributed by atoms with Crippen molar-refractivity contribution in [2.75, 3.05) is 25.2 Å². The van der Waals surface area contributed by atoms with E-state index in [2.05, 4.69) is 10.6 Å². The Balaban J connectivity index is 1.80. The number of carbonyl (C=O) groups is 2. The highest BCUT2D eigenvalue weighted by Gasteiger charge is 2.28. The van der Waals surface area contributed by atoms with Crippen molar-refractivity contribution in [1.82, 2.24) is 10.6 Å². The Morgan fingerprint density at radius 2 is 1.95 bits per heavy atom. The van der Waals surface area contributed by atoms with E-state index < -0.39 is 9.84 Å². The average Bonchev–Trinajstić information content (AvgIpc) is 2.83. The lowest BCUT2D eigenvalue weighted by atomic mass is 10.2. The van der Waals surface area contributed by atoms with Crippen LogP contribution >= 0.6 is 0 Å². The van der Waals surface area contributed by atoms with Gasteiger partial charge in [0.25, 0.3) is 11.8 Å². The van der Waals surface area contributed by atoms with Gasteiger partial charge in [-0.2, -0.15) is 0 Å². The van der Waals surface area contributed by atoms with Crippen molar-refractivity contribution in [3.63, 3.8) is 0 Å². The number of sulfone groups is 1. The molecule has 1 aliphatic heterocycles. The molecule has 1 aromatic rings. The summed E-state index contributed by atoms with van der Waals surface area (Å²) in [6, 6.07) is 6.04. The predicted molar refractivity (Wildman–Crippen MR) is 80.5 cm³/mol. The van der Waals surface area contributed by atoms with E-state index in [0.717, 1.165) is 0 Å². The topological polar surface area (TPSA) is 102 Å². The molecule has 1 heterocycles. The summed E-state index contributed by atoms with van der Waals surface area (Å²) >= 11 is 0. The van der Waals surface area contributed by atoms with E-state index in [9.17, 15) is 18.0 Å². The molecule has 1 saturated heterocycles. The summed E-state index contributed by atoms with van der Waals surface area (Å²) in [5.74, 6) is -0.00895. The van der Waals surface area contributed by atoms with Gasteiger partial charge in [-0.1, -0.05) is 0 Å². The van der Waals surface area contributed by atoms with Crippen LogP contribution in [-0.4, -0.2) is 51.4 Å². The van der Waals surface area contributed by atoms with Crippen LogP contribution in [0.5, 0.6) is 5.75 Å². The van der Waals surface area contributed by atoms with Crippen LogP contribution in [-0.2, 0) is 14.6 Å². The van der Waals surface area contributed by atoms with Gasteiger partial charge in [-0.3, -0.25) is 9.59 Å². The zero-order valence-corrected chi connectivity index (χ0v) is 13.0. The molecule has 0 radical (unpaired) electrons. The highest BCUT2D eigenvalue weighted by atomic mass is 32.2. The number of amides is 2. The lowest BCUT2D eigenvalue weighted by molar-refractivity contribution is -0.123. The molecule has 120 valence electrons. The first-order valence-electron chi connectivity index (χ1n) is 6.84. The second kappa shape index (κ2) is 6.78. The number of rotatable bonds is 5. The molecule has 7 nitrogen and oxygen atoms in total. The Morgan fingerprint density at radius 1 is 1.27 bits per heavy atom. The molecule has 0 aliphatic carbocycles. The SMILES string of the molecule is CNC(=O)c1ccc(OCC(=O)N[C@@H]2CCS(=O)(=O)C2)cc1. The van der Waals surface area contributed by atoms with Gasteiger partial charge in [0, 0.05) is 18.7 Å². The Morgan fingerprint density at radius 3 is 2.50 bits per heavy atom. The summed E-state index contributed by atoms with van der Waals surface area (Å²) < 4.78 is 27.9. The van der Waals surface area contributed by atoms with Gasteiger partial charge in [0.2, 0.25) is 0 Å². The van der Waals surface area contributed by atoms with E-state index in [1.165, 1.54) is 0 Å². The van der Waals surface area contributed by atoms with Gasteiger partial charge < -0.3 is 15.4 Å². The molecular formula is C14H18N2O5S. The maximum absolute atomic E-state index is 11.7. The standard InChI is InChI=1S/C14H18N2O5S/c1-15-14(18)10-2-4-12(5-3-10)21-8-13(17)16-11-6-7-22(19,20)9-11/h2-5,11H,6-9H2,1H3,(H,15,18)(H,16,17)/t11-/m1/s1. The predicted octanol–water partition coefficient (Wildman–Crippen LogP) is -0.272. The van der Waals surface area contributed by atoms with Gasteiger partial charge in [-0.05, 0) is 30.7 Å². The van der Waals surface area contributed by atoms with Crippen molar-refractivity contribution in [3.8, 4) is 5.75 Å². The number of hydrogen-bond acceptors (Lipinski definition) is 5. The third-order valence-corrected chi connectivity index (χ3v) is 5.08. The average molecular weight is 326 g/mol. The first-order chi connectivity index (χ1) is 10.4.